The number of rotatable bonds is 5. The molecule has 2 unspecified atom stereocenters. The van der Waals surface area contributed by atoms with Crippen molar-refractivity contribution in [2.45, 2.75) is 65.6 Å². The van der Waals surface area contributed by atoms with E-state index in [2.05, 4.69) is 11.5 Å². The molecular weight excluding hydrogens is 292 g/mol. The maximum Gasteiger partial charge on any atom is 0.511 e. The molecule has 0 radical (unpaired) electrons. The van der Waals surface area contributed by atoms with Gasteiger partial charge in [-0.05, 0) is 25.7 Å². The Morgan fingerprint density at radius 3 is 2.27 bits per heavy atom. The third-order valence-corrected chi connectivity index (χ3v) is 2.72. The molecule has 1 heterocycles. The minimum absolute atomic E-state index is 0.0220. The Morgan fingerprint density at radius 2 is 1.86 bits per heavy atom. The average Bonchev–Trinajstić information content (AvgIpc) is 2.30. The highest BCUT2D eigenvalue weighted by molar-refractivity contribution is 5.81. The van der Waals surface area contributed by atoms with Crippen molar-refractivity contribution < 1.29 is 33.6 Å². The number of ether oxygens (including phenoxy) is 3. The van der Waals surface area contributed by atoms with Gasteiger partial charge < -0.3 is 14.2 Å². The second-order valence-electron chi connectivity index (χ2n) is 7.12. The van der Waals surface area contributed by atoms with E-state index in [9.17, 15) is 9.59 Å². The Labute approximate surface area is 130 Å². The number of hydrogen-bond acceptors (Lipinski definition) is 7. The van der Waals surface area contributed by atoms with Gasteiger partial charge in [0.1, 0.15) is 5.60 Å². The number of carbonyl (C=O) groups excluding carboxylic acids is 2. The third-order valence-electron chi connectivity index (χ3n) is 2.72. The van der Waals surface area contributed by atoms with Crippen LogP contribution in [0.5, 0.6) is 0 Å². The molecule has 2 atom stereocenters. The standard InChI is InChI=1S/C15H24O7/c1-8-10(16)18-11-15(7,22-21-11)20-12(17)19-14(5,6)9-13(2,3)4/h8,11H,1,9H2,2-7H3. The van der Waals surface area contributed by atoms with Crippen molar-refractivity contribution in [3.63, 3.8) is 0 Å². The van der Waals surface area contributed by atoms with Gasteiger partial charge in [-0.2, -0.15) is 9.78 Å². The zero-order chi connectivity index (χ0) is 17.2. The Kier molecular flexibility index (Phi) is 5.25. The molecule has 0 bridgehead atoms. The number of hydrogen-bond donors (Lipinski definition) is 0. The van der Waals surface area contributed by atoms with E-state index in [1.165, 1.54) is 6.92 Å². The molecule has 0 aliphatic carbocycles. The maximum atomic E-state index is 11.9. The summed E-state index contributed by atoms with van der Waals surface area (Å²) in [4.78, 5) is 32.4. The van der Waals surface area contributed by atoms with Crippen LogP contribution in [0.1, 0.15) is 48.0 Å². The van der Waals surface area contributed by atoms with Crippen LogP contribution in [-0.2, 0) is 28.8 Å². The normalized spacial score (nSPS) is 24.9. The van der Waals surface area contributed by atoms with Gasteiger partial charge in [0.15, 0.2) is 0 Å². The number of carbonyl (C=O) groups is 2. The molecule has 126 valence electrons. The summed E-state index contributed by atoms with van der Waals surface area (Å²) in [5.41, 5.74) is -0.741. The Hall–Kier alpha value is -1.60. The largest absolute Gasteiger partial charge is 0.511 e. The van der Waals surface area contributed by atoms with Crippen LogP contribution >= 0.6 is 0 Å². The molecule has 0 N–H and O–H groups in total. The summed E-state index contributed by atoms with van der Waals surface area (Å²) in [7, 11) is 0. The van der Waals surface area contributed by atoms with Gasteiger partial charge in [0.05, 0.1) is 0 Å². The second kappa shape index (κ2) is 6.26. The molecule has 1 aliphatic rings. The molecule has 1 rings (SSSR count). The summed E-state index contributed by atoms with van der Waals surface area (Å²) in [5, 5.41) is 0. The summed E-state index contributed by atoms with van der Waals surface area (Å²) >= 11 is 0. The highest BCUT2D eigenvalue weighted by Crippen LogP contribution is 2.34. The predicted molar refractivity (Wildman–Crippen MR) is 76.4 cm³/mol. The highest BCUT2D eigenvalue weighted by Gasteiger charge is 2.55. The molecule has 7 heteroatoms. The van der Waals surface area contributed by atoms with Crippen LogP contribution in [0.15, 0.2) is 12.7 Å². The lowest BCUT2D eigenvalue weighted by Crippen LogP contribution is -2.59. The van der Waals surface area contributed by atoms with Crippen LogP contribution in [0, 0.1) is 5.41 Å². The van der Waals surface area contributed by atoms with E-state index in [4.69, 9.17) is 19.1 Å². The summed E-state index contributed by atoms with van der Waals surface area (Å²) in [6, 6.07) is 0. The van der Waals surface area contributed by atoms with Gasteiger partial charge in [-0.1, -0.05) is 27.4 Å². The van der Waals surface area contributed by atoms with Gasteiger partial charge in [-0.15, -0.1) is 0 Å². The van der Waals surface area contributed by atoms with Crippen LogP contribution in [0.3, 0.4) is 0 Å². The first-order valence-corrected chi connectivity index (χ1v) is 6.96. The first-order valence-electron chi connectivity index (χ1n) is 6.96. The molecular formula is C15H24O7. The Balaban J connectivity index is 2.57. The van der Waals surface area contributed by atoms with Crippen molar-refractivity contribution in [3.05, 3.63) is 12.7 Å². The van der Waals surface area contributed by atoms with Crippen molar-refractivity contribution in [3.8, 4) is 0 Å². The van der Waals surface area contributed by atoms with Gasteiger partial charge in [0, 0.05) is 13.0 Å². The second-order valence-corrected chi connectivity index (χ2v) is 7.12. The predicted octanol–water partition coefficient (Wildman–Crippen LogP) is 3.09. The Morgan fingerprint density at radius 1 is 1.27 bits per heavy atom. The van der Waals surface area contributed by atoms with E-state index in [1.54, 1.807) is 13.8 Å². The minimum Gasteiger partial charge on any atom is -0.428 e. The molecule has 0 saturated carbocycles. The van der Waals surface area contributed by atoms with E-state index in [0.717, 1.165) is 6.08 Å². The van der Waals surface area contributed by atoms with Crippen LogP contribution in [-0.4, -0.2) is 29.8 Å². The van der Waals surface area contributed by atoms with Crippen LogP contribution in [0.2, 0.25) is 0 Å². The van der Waals surface area contributed by atoms with Gasteiger partial charge in [0.2, 0.25) is 0 Å². The van der Waals surface area contributed by atoms with Crippen molar-refractivity contribution in [1.82, 2.24) is 0 Å². The van der Waals surface area contributed by atoms with E-state index < -0.39 is 29.8 Å². The smallest absolute Gasteiger partial charge is 0.428 e. The van der Waals surface area contributed by atoms with E-state index in [-0.39, 0.29) is 5.41 Å². The molecule has 1 aliphatic heterocycles. The fraction of sp³-hybridized carbons (Fsp3) is 0.733. The summed E-state index contributed by atoms with van der Waals surface area (Å²) in [6.45, 7) is 14.4. The first kappa shape index (κ1) is 18.4. The van der Waals surface area contributed by atoms with Gasteiger partial charge in [-0.3, -0.25) is 0 Å². The van der Waals surface area contributed by atoms with Gasteiger partial charge in [0.25, 0.3) is 0 Å². The zero-order valence-electron chi connectivity index (χ0n) is 13.9. The SMILES string of the molecule is C=CC(=O)OC1OOC1(C)OC(=O)OC(C)(C)CC(C)(C)C. The fourth-order valence-electron chi connectivity index (χ4n) is 2.29. The van der Waals surface area contributed by atoms with E-state index in [1.807, 2.05) is 20.8 Å². The van der Waals surface area contributed by atoms with Gasteiger partial charge >= 0.3 is 24.2 Å². The van der Waals surface area contributed by atoms with Crippen molar-refractivity contribution in [1.29, 1.82) is 0 Å². The monoisotopic (exact) mass is 316 g/mol. The molecule has 22 heavy (non-hydrogen) atoms. The summed E-state index contributed by atoms with van der Waals surface area (Å²) in [5.74, 6) is -2.27. The molecule has 0 aromatic rings. The lowest BCUT2D eigenvalue weighted by Gasteiger charge is -2.41. The summed E-state index contributed by atoms with van der Waals surface area (Å²) < 4.78 is 15.2. The molecule has 0 spiro atoms. The quantitative estimate of drug-likeness (QED) is 0.438. The van der Waals surface area contributed by atoms with E-state index >= 15 is 0 Å². The molecule has 1 fully saturated rings. The molecule has 0 amide bonds. The first-order chi connectivity index (χ1) is 9.87. The summed E-state index contributed by atoms with van der Waals surface area (Å²) in [6.07, 6.45) is -0.499. The average molecular weight is 316 g/mol. The van der Waals surface area contributed by atoms with E-state index in [0.29, 0.717) is 6.42 Å². The van der Waals surface area contributed by atoms with Crippen molar-refractivity contribution in [2.75, 3.05) is 0 Å². The molecule has 7 nitrogen and oxygen atoms in total. The van der Waals surface area contributed by atoms with Crippen molar-refractivity contribution in [2.24, 2.45) is 5.41 Å². The maximum absolute atomic E-state index is 11.9. The Bertz CT molecular complexity index is 449. The van der Waals surface area contributed by atoms with Crippen LogP contribution in [0.25, 0.3) is 0 Å². The number of esters is 1. The van der Waals surface area contributed by atoms with Gasteiger partial charge in [-0.25, -0.2) is 9.59 Å². The lowest BCUT2D eigenvalue weighted by molar-refractivity contribution is -0.595. The highest BCUT2D eigenvalue weighted by atomic mass is 17.3. The third kappa shape index (κ3) is 5.31. The molecule has 1 saturated heterocycles. The van der Waals surface area contributed by atoms with Crippen LogP contribution < -0.4 is 0 Å². The topological polar surface area (TPSA) is 80.3 Å². The van der Waals surface area contributed by atoms with Crippen LogP contribution in [0.4, 0.5) is 4.79 Å². The fourth-order valence-corrected chi connectivity index (χ4v) is 2.29. The zero-order valence-corrected chi connectivity index (χ0v) is 13.9. The van der Waals surface area contributed by atoms with Crippen molar-refractivity contribution >= 4 is 12.1 Å². The lowest BCUT2D eigenvalue weighted by atomic mass is 9.84. The molecule has 0 aromatic heterocycles. The molecule has 0 aromatic carbocycles. The minimum atomic E-state index is -1.55.